The van der Waals surface area contributed by atoms with Crippen molar-refractivity contribution in [1.29, 1.82) is 0 Å². The quantitative estimate of drug-likeness (QED) is 0.808. The van der Waals surface area contributed by atoms with Gasteiger partial charge < -0.3 is 19.3 Å². The van der Waals surface area contributed by atoms with Crippen LogP contribution < -0.4 is 0 Å². The van der Waals surface area contributed by atoms with E-state index in [1.165, 1.54) is 11.0 Å². The van der Waals surface area contributed by atoms with Crippen molar-refractivity contribution in [2.24, 2.45) is 0 Å². The molecule has 0 saturated carbocycles. The van der Waals surface area contributed by atoms with Gasteiger partial charge in [0.25, 0.3) is 0 Å². The van der Waals surface area contributed by atoms with E-state index in [1.807, 2.05) is 0 Å². The Labute approximate surface area is 103 Å². The molecule has 7 nitrogen and oxygen atoms in total. The van der Waals surface area contributed by atoms with Gasteiger partial charge in [-0.25, -0.2) is 9.59 Å². The molecule has 0 saturated heterocycles. The number of fused-ring (bicyclic) bond motifs is 1. The van der Waals surface area contributed by atoms with E-state index in [4.69, 9.17) is 14.4 Å². The minimum Gasteiger partial charge on any atom is -0.475 e. The molecule has 0 spiro atoms. The number of ether oxygens (including phenoxy) is 1. The van der Waals surface area contributed by atoms with E-state index in [1.54, 1.807) is 0 Å². The molecular weight excluding hydrogens is 240 g/mol. The monoisotopic (exact) mass is 252 g/mol. The molecule has 0 aromatic carbocycles. The maximum absolute atomic E-state index is 11.6. The molecule has 1 aliphatic heterocycles. The minimum absolute atomic E-state index is 0.123. The van der Waals surface area contributed by atoms with Gasteiger partial charge in [-0.1, -0.05) is 17.8 Å². The summed E-state index contributed by atoms with van der Waals surface area (Å²) in [5.74, 6) is -1.41. The van der Waals surface area contributed by atoms with Crippen molar-refractivity contribution in [3.63, 3.8) is 0 Å². The number of rotatable bonds is 3. The number of aromatic carboxylic acids is 1. The second kappa shape index (κ2) is 4.91. The van der Waals surface area contributed by atoms with Gasteiger partial charge in [0.05, 0.1) is 12.2 Å². The topological polar surface area (TPSA) is 92.9 Å². The highest BCUT2D eigenvalue weighted by Gasteiger charge is 2.30. The fraction of sp³-hybridized carbons (Fsp3) is 0.364. The van der Waals surface area contributed by atoms with Gasteiger partial charge in [0.1, 0.15) is 6.61 Å². The van der Waals surface area contributed by atoms with Gasteiger partial charge in [-0.3, -0.25) is 0 Å². The molecule has 0 bridgehead atoms. The summed E-state index contributed by atoms with van der Waals surface area (Å²) in [5, 5.41) is 12.6. The third-order valence-corrected chi connectivity index (χ3v) is 2.61. The average molecular weight is 252 g/mol. The van der Waals surface area contributed by atoms with Gasteiger partial charge in [-0.05, 0) is 0 Å². The van der Waals surface area contributed by atoms with Gasteiger partial charge in [0.2, 0.25) is 5.76 Å². The lowest BCUT2D eigenvalue weighted by Gasteiger charge is -2.24. The van der Waals surface area contributed by atoms with Crippen LogP contribution in [0.25, 0.3) is 0 Å². The minimum atomic E-state index is -1.19. The Balaban J connectivity index is 2.13. The fourth-order valence-corrected chi connectivity index (χ4v) is 1.76. The highest BCUT2D eigenvalue weighted by Crippen LogP contribution is 2.22. The molecule has 0 aliphatic carbocycles. The van der Waals surface area contributed by atoms with Crippen molar-refractivity contribution in [1.82, 2.24) is 10.1 Å². The lowest BCUT2D eigenvalue weighted by Crippen LogP contribution is -2.36. The first-order chi connectivity index (χ1) is 8.63. The number of hydrogen-bond acceptors (Lipinski definition) is 5. The van der Waals surface area contributed by atoms with Crippen molar-refractivity contribution >= 4 is 12.1 Å². The van der Waals surface area contributed by atoms with Crippen LogP contribution in [0.5, 0.6) is 0 Å². The van der Waals surface area contributed by atoms with Crippen LogP contribution in [-0.4, -0.2) is 40.4 Å². The highest BCUT2D eigenvalue weighted by molar-refractivity contribution is 5.86. The van der Waals surface area contributed by atoms with Crippen LogP contribution in [0.15, 0.2) is 17.2 Å². The summed E-state index contributed by atoms with van der Waals surface area (Å²) in [6.07, 6.45) is 1.42. The molecule has 0 radical (unpaired) electrons. The molecule has 2 heterocycles. The van der Waals surface area contributed by atoms with Gasteiger partial charge >= 0.3 is 12.1 Å². The Morgan fingerprint density at radius 2 is 2.39 bits per heavy atom. The molecule has 0 atom stereocenters. The number of carbonyl (C=O) groups excluding carboxylic acids is 1. The zero-order valence-electron chi connectivity index (χ0n) is 9.59. The van der Waals surface area contributed by atoms with Crippen LogP contribution in [0, 0.1) is 0 Å². The number of aromatic nitrogens is 1. The summed E-state index contributed by atoms with van der Waals surface area (Å²) >= 11 is 0. The number of amides is 1. The number of hydrogen-bond donors (Lipinski definition) is 1. The Bertz CT molecular complexity index is 494. The lowest BCUT2D eigenvalue weighted by atomic mass is 10.1. The third kappa shape index (κ3) is 2.20. The summed E-state index contributed by atoms with van der Waals surface area (Å²) in [7, 11) is 0. The van der Waals surface area contributed by atoms with E-state index in [9.17, 15) is 9.59 Å². The van der Waals surface area contributed by atoms with Crippen LogP contribution >= 0.6 is 0 Å². The number of carboxylic acid groups (broad SMARTS) is 1. The van der Waals surface area contributed by atoms with Gasteiger partial charge in [-0.2, -0.15) is 0 Å². The highest BCUT2D eigenvalue weighted by atomic mass is 16.6. The zero-order chi connectivity index (χ0) is 13.1. The predicted octanol–water partition coefficient (Wildman–Crippen LogP) is 1.05. The summed E-state index contributed by atoms with van der Waals surface area (Å²) in [6, 6.07) is 0. The normalized spacial score (nSPS) is 13.9. The van der Waals surface area contributed by atoms with Crippen LogP contribution in [-0.2, 0) is 17.7 Å². The summed E-state index contributed by atoms with van der Waals surface area (Å²) in [4.78, 5) is 23.9. The smallest absolute Gasteiger partial charge is 0.410 e. The van der Waals surface area contributed by atoms with Gasteiger partial charge in [0, 0.05) is 18.5 Å². The zero-order valence-corrected chi connectivity index (χ0v) is 9.59. The second-order valence-corrected chi connectivity index (χ2v) is 3.78. The molecule has 1 N–H and O–H groups in total. The number of carboxylic acids is 1. The number of nitrogens with zero attached hydrogens (tertiary/aromatic N) is 2. The Hall–Kier alpha value is -2.31. The molecular formula is C11H12N2O5. The van der Waals surface area contributed by atoms with Crippen LogP contribution in [0.1, 0.15) is 21.8 Å². The van der Waals surface area contributed by atoms with Crippen LogP contribution in [0.4, 0.5) is 4.79 Å². The summed E-state index contributed by atoms with van der Waals surface area (Å²) in [5.41, 5.74) is 1.02. The first-order valence-corrected chi connectivity index (χ1v) is 5.36. The maximum Gasteiger partial charge on any atom is 0.410 e. The Morgan fingerprint density at radius 1 is 1.61 bits per heavy atom. The molecule has 1 amide bonds. The van der Waals surface area contributed by atoms with E-state index in [0.717, 1.165) is 0 Å². The van der Waals surface area contributed by atoms with E-state index < -0.39 is 12.1 Å². The standard InChI is InChI=1S/C11H12N2O5/c1-2-5-17-11(16)13-4-3-8-7(6-13)9(10(14)15)18-12-8/h2H,1,3-6H2,(H,14,15). The Kier molecular flexibility index (Phi) is 3.31. The summed E-state index contributed by atoms with van der Waals surface area (Å²) < 4.78 is 9.64. The largest absolute Gasteiger partial charge is 0.475 e. The van der Waals surface area contributed by atoms with Crippen molar-refractivity contribution in [2.75, 3.05) is 13.2 Å². The Morgan fingerprint density at radius 3 is 3.06 bits per heavy atom. The molecule has 0 unspecified atom stereocenters. The lowest BCUT2D eigenvalue weighted by molar-refractivity contribution is 0.0647. The van der Waals surface area contributed by atoms with E-state index in [-0.39, 0.29) is 18.9 Å². The average Bonchev–Trinajstić information content (AvgIpc) is 2.78. The van der Waals surface area contributed by atoms with Crippen LogP contribution in [0.3, 0.4) is 0 Å². The molecule has 2 rings (SSSR count). The van der Waals surface area contributed by atoms with E-state index in [2.05, 4.69) is 11.7 Å². The van der Waals surface area contributed by atoms with Gasteiger partial charge in [-0.15, -0.1) is 0 Å². The first-order valence-electron chi connectivity index (χ1n) is 5.36. The predicted molar refractivity (Wildman–Crippen MR) is 59.1 cm³/mol. The third-order valence-electron chi connectivity index (χ3n) is 2.61. The molecule has 96 valence electrons. The van der Waals surface area contributed by atoms with Gasteiger partial charge in [0.15, 0.2) is 0 Å². The maximum atomic E-state index is 11.6. The van der Waals surface area contributed by atoms with Crippen molar-refractivity contribution in [3.8, 4) is 0 Å². The molecule has 18 heavy (non-hydrogen) atoms. The first kappa shape index (κ1) is 12.2. The van der Waals surface area contributed by atoms with Crippen molar-refractivity contribution < 1.29 is 24.0 Å². The SMILES string of the molecule is C=CCOC(=O)N1CCc2noc(C(=O)O)c2C1. The molecule has 1 aromatic rings. The van der Waals surface area contributed by atoms with Crippen molar-refractivity contribution in [3.05, 3.63) is 29.7 Å². The molecule has 7 heteroatoms. The molecule has 1 aliphatic rings. The summed E-state index contributed by atoms with van der Waals surface area (Å²) in [6.45, 7) is 4.13. The van der Waals surface area contributed by atoms with Crippen LogP contribution in [0.2, 0.25) is 0 Å². The molecule has 1 aromatic heterocycles. The fourth-order valence-electron chi connectivity index (χ4n) is 1.76. The number of carbonyl (C=O) groups is 2. The molecule has 0 fully saturated rings. The van der Waals surface area contributed by atoms with E-state index >= 15 is 0 Å². The second-order valence-electron chi connectivity index (χ2n) is 3.78. The van der Waals surface area contributed by atoms with E-state index in [0.29, 0.717) is 24.2 Å². The van der Waals surface area contributed by atoms with Crippen molar-refractivity contribution in [2.45, 2.75) is 13.0 Å².